The zero-order valence-corrected chi connectivity index (χ0v) is 22.5. The van der Waals surface area contributed by atoms with Gasteiger partial charge in [0.05, 0.1) is 24.1 Å². The van der Waals surface area contributed by atoms with E-state index in [-0.39, 0.29) is 16.7 Å². The van der Waals surface area contributed by atoms with Gasteiger partial charge in [0.25, 0.3) is 5.91 Å². The summed E-state index contributed by atoms with van der Waals surface area (Å²) < 4.78 is 47.0. The van der Waals surface area contributed by atoms with E-state index in [1.807, 2.05) is 25.1 Å². The maximum absolute atomic E-state index is 13.7. The van der Waals surface area contributed by atoms with Crippen LogP contribution in [0.1, 0.15) is 62.3 Å². The lowest BCUT2D eigenvalue weighted by atomic mass is 9.75. The number of hydrogen-bond acceptors (Lipinski definition) is 6. The van der Waals surface area contributed by atoms with Crippen LogP contribution in [0.15, 0.2) is 30.5 Å². The predicted molar refractivity (Wildman–Crippen MR) is 145 cm³/mol. The number of anilines is 2. The number of nitriles is 1. The van der Waals surface area contributed by atoms with Gasteiger partial charge in [0.2, 0.25) is 0 Å². The lowest BCUT2D eigenvalue weighted by Gasteiger charge is -2.43. The lowest BCUT2D eigenvalue weighted by Crippen LogP contribution is -2.55. The van der Waals surface area contributed by atoms with Crippen LogP contribution >= 0.6 is 12.2 Å². The van der Waals surface area contributed by atoms with Crippen molar-refractivity contribution >= 4 is 34.6 Å². The number of nitrogens with one attached hydrogen (secondary N) is 1. The van der Waals surface area contributed by atoms with Gasteiger partial charge in [0.15, 0.2) is 10.8 Å². The molecule has 1 N–H and O–H groups in total. The Bertz CT molecular complexity index is 1320. The number of piperidine rings is 1. The fourth-order valence-corrected chi connectivity index (χ4v) is 6.19. The molecule has 3 aliphatic rings. The summed E-state index contributed by atoms with van der Waals surface area (Å²) in [5.74, 6) is 1.07. The van der Waals surface area contributed by atoms with E-state index in [1.54, 1.807) is 4.90 Å². The Hall–Kier alpha value is -3.23. The summed E-state index contributed by atoms with van der Waals surface area (Å²) in [6, 6.07) is 7.97. The average molecular weight is 558 g/mol. The molecule has 11 heteroatoms. The van der Waals surface area contributed by atoms with Crippen LogP contribution in [0.25, 0.3) is 0 Å². The molecule has 1 aliphatic carbocycles. The number of carbonyl (C=O) groups is 1. The number of hydrogen-bond donors (Lipinski definition) is 1. The summed E-state index contributed by atoms with van der Waals surface area (Å²) in [7, 11) is 0. The molecule has 3 fully saturated rings. The van der Waals surface area contributed by atoms with E-state index in [9.17, 15) is 18.0 Å². The number of pyridine rings is 1. The second-order valence-corrected chi connectivity index (χ2v) is 10.7. The molecular weight excluding hydrogens is 527 g/mol. The van der Waals surface area contributed by atoms with Crippen LogP contribution in [0, 0.1) is 17.2 Å². The first-order valence-electron chi connectivity index (χ1n) is 13.3. The van der Waals surface area contributed by atoms with Crippen LogP contribution in [0.3, 0.4) is 0 Å². The zero-order chi connectivity index (χ0) is 27.8. The molecule has 1 aromatic carbocycles. The molecule has 0 radical (unpaired) electrons. The predicted octanol–water partition coefficient (Wildman–Crippen LogP) is 5.36. The van der Waals surface area contributed by atoms with Crippen molar-refractivity contribution in [3.8, 4) is 11.8 Å². The molecule has 5 rings (SSSR count). The first kappa shape index (κ1) is 27.3. The molecule has 1 spiro atoms. The van der Waals surface area contributed by atoms with Crippen LogP contribution in [-0.4, -0.2) is 41.2 Å². The molecule has 1 amide bonds. The highest BCUT2D eigenvalue weighted by atomic mass is 32.1. The number of nitrogens with zero attached hydrogens (tertiary/aromatic N) is 4. The number of carbonyl (C=O) groups excluding carboxylic acids is 1. The Labute approximate surface area is 230 Å². The highest BCUT2D eigenvalue weighted by Crippen LogP contribution is 2.48. The molecule has 1 aromatic heterocycles. The van der Waals surface area contributed by atoms with Crippen molar-refractivity contribution < 1.29 is 22.7 Å². The molecule has 206 valence electrons. The van der Waals surface area contributed by atoms with E-state index < -0.39 is 23.0 Å². The molecule has 3 heterocycles. The first-order chi connectivity index (χ1) is 18.7. The maximum atomic E-state index is 13.7. The number of halogens is 3. The Morgan fingerprint density at radius 3 is 2.59 bits per heavy atom. The average Bonchev–Trinajstić information content (AvgIpc) is 3.15. The third-order valence-electron chi connectivity index (χ3n) is 8.06. The Balaban J connectivity index is 1.42. The highest BCUT2D eigenvalue weighted by Gasteiger charge is 2.59. The summed E-state index contributed by atoms with van der Waals surface area (Å²) in [5.41, 5.74) is -1.32. The maximum Gasteiger partial charge on any atom is 0.419 e. The highest BCUT2D eigenvalue weighted by molar-refractivity contribution is 7.81. The van der Waals surface area contributed by atoms with Crippen LogP contribution < -0.4 is 19.9 Å². The summed E-state index contributed by atoms with van der Waals surface area (Å²) in [6.45, 7) is 4.74. The third-order valence-corrected chi connectivity index (χ3v) is 8.43. The number of rotatable bonds is 7. The molecule has 0 unspecified atom stereocenters. The van der Waals surface area contributed by atoms with Gasteiger partial charge in [0, 0.05) is 5.69 Å². The van der Waals surface area contributed by atoms with Crippen molar-refractivity contribution in [1.82, 2.24) is 10.3 Å². The number of alkyl halides is 3. The smallest absolute Gasteiger partial charge is 0.419 e. The Kier molecular flexibility index (Phi) is 7.53. The van der Waals surface area contributed by atoms with E-state index >= 15 is 0 Å². The standard InChI is InChI=1S/C28H30F3N5O2S/c1-2-19-14-20(4-5-24(19)38-13-8-18-6-11-33-12-7-18)36-26(39)35(25(37)27(36)9-3-10-27)21-15-22(28(29,30)31)23(16-32)34-17-21/h4-5,14-15,17-18,33H,2-3,6-13H2,1H3. The minimum atomic E-state index is -4.80. The SMILES string of the molecule is CCc1cc(N2C(=S)N(c3cnc(C#N)c(C(F)(F)F)c3)C(=O)C23CCC3)ccc1OCCC1CCNCC1. The molecule has 2 saturated heterocycles. The van der Waals surface area contributed by atoms with E-state index in [0.717, 1.165) is 67.2 Å². The topological polar surface area (TPSA) is 81.5 Å². The number of thiocarbonyl (C=S) groups is 1. The molecule has 39 heavy (non-hydrogen) atoms. The molecule has 0 atom stereocenters. The zero-order valence-electron chi connectivity index (χ0n) is 21.7. The minimum Gasteiger partial charge on any atom is -0.493 e. The van der Waals surface area contributed by atoms with Gasteiger partial charge in [-0.05, 0) is 106 Å². The lowest BCUT2D eigenvalue weighted by molar-refractivity contribution is -0.138. The van der Waals surface area contributed by atoms with E-state index in [0.29, 0.717) is 37.5 Å². The molecule has 1 saturated carbocycles. The second-order valence-electron chi connectivity index (χ2n) is 10.3. The third kappa shape index (κ3) is 4.96. The number of aryl methyl sites for hydroxylation is 1. The van der Waals surface area contributed by atoms with Crippen molar-refractivity contribution in [3.63, 3.8) is 0 Å². The van der Waals surface area contributed by atoms with Crippen molar-refractivity contribution in [2.75, 3.05) is 29.5 Å². The number of aromatic nitrogens is 1. The molecule has 0 bridgehead atoms. The second kappa shape index (κ2) is 10.7. The van der Waals surface area contributed by atoms with Gasteiger partial charge in [-0.15, -0.1) is 0 Å². The monoisotopic (exact) mass is 557 g/mol. The van der Waals surface area contributed by atoms with Gasteiger partial charge in [-0.25, -0.2) is 4.98 Å². The fraction of sp³-hybridized carbons (Fsp3) is 0.500. The summed E-state index contributed by atoms with van der Waals surface area (Å²) in [4.78, 5) is 20.3. The van der Waals surface area contributed by atoms with Gasteiger partial charge in [-0.2, -0.15) is 18.4 Å². The van der Waals surface area contributed by atoms with Crippen LogP contribution in [0.2, 0.25) is 0 Å². The number of benzene rings is 1. The van der Waals surface area contributed by atoms with Crippen LogP contribution in [0.4, 0.5) is 24.5 Å². The quantitative estimate of drug-likeness (QED) is 0.459. The van der Waals surface area contributed by atoms with Crippen LogP contribution in [-0.2, 0) is 17.4 Å². The molecule has 7 nitrogen and oxygen atoms in total. The van der Waals surface area contributed by atoms with Crippen molar-refractivity contribution in [3.05, 3.63) is 47.3 Å². The minimum absolute atomic E-state index is 0.0981. The molecule has 2 aromatic rings. The fourth-order valence-electron chi connectivity index (χ4n) is 5.72. The van der Waals surface area contributed by atoms with Crippen molar-refractivity contribution in [1.29, 1.82) is 5.26 Å². The largest absolute Gasteiger partial charge is 0.493 e. The van der Waals surface area contributed by atoms with E-state index in [1.165, 1.54) is 6.07 Å². The summed E-state index contributed by atoms with van der Waals surface area (Å²) >= 11 is 5.73. The van der Waals surface area contributed by atoms with E-state index in [4.69, 9.17) is 22.2 Å². The molecular formula is C28H30F3N5O2S. The van der Waals surface area contributed by atoms with Crippen LogP contribution in [0.5, 0.6) is 5.75 Å². The summed E-state index contributed by atoms with van der Waals surface area (Å²) in [6.07, 6.45) is 2.18. The normalized spacial score (nSPS) is 19.4. The Morgan fingerprint density at radius 2 is 1.97 bits per heavy atom. The number of ether oxygens (including phenoxy) is 1. The van der Waals surface area contributed by atoms with Gasteiger partial charge in [0.1, 0.15) is 17.4 Å². The van der Waals surface area contributed by atoms with Gasteiger partial charge in [-0.3, -0.25) is 9.69 Å². The van der Waals surface area contributed by atoms with Gasteiger partial charge >= 0.3 is 6.18 Å². The van der Waals surface area contributed by atoms with Gasteiger partial charge < -0.3 is 15.0 Å². The first-order valence-corrected chi connectivity index (χ1v) is 13.7. The van der Waals surface area contributed by atoms with Crippen molar-refractivity contribution in [2.24, 2.45) is 5.92 Å². The molecule has 2 aliphatic heterocycles. The Morgan fingerprint density at radius 1 is 1.23 bits per heavy atom. The van der Waals surface area contributed by atoms with E-state index in [2.05, 4.69) is 10.3 Å². The number of amides is 1. The summed E-state index contributed by atoms with van der Waals surface area (Å²) in [5, 5.41) is 12.6. The van der Waals surface area contributed by atoms with Crippen molar-refractivity contribution in [2.45, 2.75) is 63.6 Å². The van der Waals surface area contributed by atoms with Gasteiger partial charge in [-0.1, -0.05) is 6.92 Å².